The molecule has 1 aromatic heterocycles. The van der Waals surface area contributed by atoms with Gasteiger partial charge in [-0.15, -0.1) is 0 Å². The highest BCUT2D eigenvalue weighted by Crippen LogP contribution is 2.14. The van der Waals surface area contributed by atoms with E-state index < -0.39 is 0 Å². The summed E-state index contributed by atoms with van der Waals surface area (Å²) in [7, 11) is 0. The summed E-state index contributed by atoms with van der Waals surface area (Å²) in [5.41, 5.74) is 1.50. The van der Waals surface area contributed by atoms with Crippen LogP contribution in [-0.4, -0.2) is 17.6 Å². The number of nitrogens with one attached hydrogen (secondary N) is 2. The Morgan fingerprint density at radius 2 is 2.28 bits per heavy atom. The molecule has 1 heterocycles. The third-order valence-corrected chi connectivity index (χ3v) is 2.40. The predicted octanol–water partition coefficient (Wildman–Crippen LogP) is 2.69. The van der Waals surface area contributed by atoms with Gasteiger partial charge in [-0.25, -0.2) is 0 Å². The van der Waals surface area contributed by atoms with Gasteiger partial charge in [0.05, 0.1) is 12.2 Å². The van der Waals surface area contributed by atoms with E-state index in [0.717, 1.165) is 5.69 Å². The van der Waals surface area contributed by atoms with Crippen molar-refractivity contribution in [2.75, 3.05) is 17.2 Å². The van der Waals surface area contributed by atoms with Gasteiger partial charge in [-0.2, -0.15) is 0 Å². The van der Waals surface area contributed by atoms with E-state index in [-0.39, 0.29) is 12.5 Å². The molecule has 0 spiro atoms. The Labute approximate surface area is 109 Å². The molecule has 1 amide bonds. The molecule has 18 heavy (non-hydrogen) atoms. The maximum atomic E-state index is 11.6. The van der Waals surface area contributed by atoms with Crippen LogP contribution in [0.1, 0.15) is 5.69 Å². The van der Waals surface area contributed by atoms with Crippen LogP contribution >= 0.6 is 11.6 Å². The van der Waals surface area contributed by atoms with Crippen molar-refractivity contribution < 1.29 is 9.32 Å². The minimum absolute atomic E-state index is 0.125. The number of hydrogen-bond acceptors (Lipinski definition) is 4. The fourth-order valence-electron chi connectivity index (χ4n) is 1.38. The van der Waals surface area contributed by atoms with Crippen molar-refractivity contribution in [2.24, 2.45) is 0 Å². The van der Waals surface area contributed by atoms with Crippen molar-refractivity contribution in [3.8, 4) is 0 Å². The number of nitrogens with zero attached hydrogens (tertiary/aromatic N) is 1. The Hall–Kier alpha value is -2.01. The van der Waals surface area contributed by atoms with Crippen LogP contribution in [0.4, 0.5) is 11.6 Å². The lowest BCUT2D eigenvalue weighted by Gasteiger charge is -2.05. The average Bonchev–Trinajstić information content (AvgIpc) is 2.72. The molecule has 0 bridgehead atoms. The van der Waals surface area contributed by atoms with Gasteiger partial charge in [0, 0.05) is 16.8 Å². The Balaban J connectivity index is 1.85. The van der Waals surface area contributed by atoms with E-state index in [4.69, 9.17) is 16.1 Å². The Kier molecular flexibility index (Phi) is 3.84. The van der Waals surface area contributed by atoms with Crippen LogP contribution in [0, 0.1) is 6.92 Å². The van der Waals surface area contributed by atoms with E-state index in [1.807, 2.05) is 12.1 Å². The number of halogens is 1. The van der Waals surface area contributed by atoms with Gasteiger partial charge in [0.2, 0.25) is 11.8 Å². The molecular formula is C12H12ClN3O2. The summed E-state index contributed by atoms with van der Waals surface area (Å²) in [6.07, 6.45) is 0. The third kappa shape index (κ3) is 3.49. The first-order valence-electron chi connectivity index (χ1n) is 5.36. The van der Waals surface area contributed by atoms with Crippen LogP contribution in [0.5, 0.6) is 0 Å². The molecular weight excluding hydrogens is 254 g/mol. The highest BCUT2D eigenvalue weighted by Gasteiger charge is 2.06. The zero-order valence-corrected chi connectivity index (χ0v) is 10.5. The van der Waals surface area contributed by atoms with Gasteiger partial charge in [0.15, 0.2) is 0 Å². The van der Waals surface area contributed by atoms with Gasteiger partial charge in [-0.1, -0.05) is 22.8 Å². The number of anilines is 2. The quantitative estimate of drug-likeness (QED) is 0.892. The van der Waals surface area contributed by atoms with Crippen LogP contribution < -0.4 is 10.6 Å². The monoisotopic (exact) mass is 265 g/mol. The van der Waals surface area contributed by atoms with Gasteiger partial charge < -0.3 is 9.84 Å². The highest BCUT2D eigenvalue weighted by atomic mass is 35.5. The lowest BCUT2D eigenvalue weighted by Crippen LogP contribution is -2.21. The lowest BCUT2D eigenvalue weighted by molar-refractivity contribution is -0.114. The van der Waals surface area contributed by atoms with Gasteiger partial charge >= 0.3 is 0 Å². The first kappa shape index (κ1) is 12.4. The van der Waals surface area contributed by atoms with Crippen molar-refractivity contribution in [1.29, 1.82) is 0 Å². The lowest BCUT2D eigenvalue weighted by atomic mass is 10.3. The first-order chi connectivity index (χ1) is 8.63. The standard InChI is InChI=1S/C12H12ClN3O2/c1-8-5-12(18-16-8)15-11(17)7-14-10-4-2-3-9(13)6-10/h2-6,14H,7H2,1H3,(H,15,17). The van der Waals surface area contributed by atoms with Crippen molar-refractivity contribution in [2.45, 2.75) is 6.92 Å². The number of aryl methyl sites for hydroxylation is 1. The molecule has 1 aromatic carbocycles. The summed E-state index contributed by atoms with van der Waals surface area (Å²) in [6.45, 7) is 1.91. The molecule has 0 unspecified atom stereocenters. The highest BCUT2D eigenvalue weighted by molar-refractivity contribution is 6.30. The molecule has 6 heteroatoms. The van der Waals surface area contributed by atoms with E-state index in [1.165, 1.54) is 0 Å². The molecule has 5 nitrogen and oxygen atoms in total. The predicted molar refractivity (Wildman–Crippen MR) is 69.8 cm³/mol. The second kappa shape index (κ2) is 5.55. The van der Waals surface area contributed by atoms with E-state index in [9.17, 15) is 4.79 Å². The minimum atomic E-state index is -0.217. The van der Waals surface area contributed by atoms with Gasteiger partial charge in [0.1, 0.15) is 0 Å². The molecule has 0 aliphatic heterocycles. The van der Waals surface area contributed by atoms with Crippen molar-refractivity contribution in [3.05, 3.63) is 41.0 Å². The molecule has 2 rings (SSSR count). The summed E-state index contributed by atoms with van der Waals surface area (Å²) < 4.78 is 4.88. The average molecular weight is 266 g/mol. The maximum absolute atomic E-state index is 11.6. The molecule has 0 fully saturated rings. The molecule has 2 aromatic rings. The molecule has 94 valence electrons. The topological polar surface area (TPSA) is 67.2 Å². The minimum Gasteiger partial charge on any atom is -0.376 e. The molecule has 0 saturated carbocycles. The van der Waals surface area contributed by atoms with Crippen LogP contribution in [0.2, 0.25) is 5.02 Å². The summed E-state index contributed by atoms with van der Waals surface area (Å²) in [5.74, 6) is 0.122. The number of amides is 1. The second-order valence-corrected chi connectivity index (χ2v) is 4.18. The smallest absolute Gasteiger partial charge is 0.246 e. The van der Waals surface area contributed by atoms with Crippen LogP contribution in [0.25, 0.3) is 0 Å². The molecule has 0 aliphatic carbocycles. The fraction of sp³-hybridized carbons (Fsp3) is 0.167. The molecule has 0 atom stereocenters. The largest absolute Gasteiger partial charge is 0.376 e. The number of rotatable bonds is 4. The maximum Gasteiger partial charge on any atom is 0.246 e. The van der Waals surface area contributed by atoms with Crippen molar-refractivity contribution in [1.82, 2.24) is 5.16 Å². The van der Waals surface area contributed by atoms with E-state index in [0.29, 0.717) is 16.6 Å². The van der Waals surface area contributed by atoms with E-state index >= 15 is 0 Å². The first-order valence-corrected chi connectivity index (χ1v) is 5.74. The summed E-state index contributed by atoms with van der Waals surface area (Å²) >= 11 is 5.83. The number of carbonyl (C=O) groups excluding carboxylic acids is 1. The summed E-state index contributed by atoms with van der Waals surface area (Å²) in [6, 6.07) is 8.80. The van der Waals surface area contributed by atoms with Crippen molar-refractivity contribution >= 4 is 29.1 Å². The number of benzene rings is 1. The normalized spacial score (nSPS) is 10.1. The fourth-order valence-corrected chi connectivity index (χ4v) is 1.58. The Bertz CT molecular complexity index is 554. The Morgan fingerprint density at radius 1 is 1.44 bits per heavy atom. The molecule has 2 N–H and O–H groups in total. The van der Waals surface area contributed by atoms with Crippen LogP contribution in [0.15, 0.2) is 34.9 Å². The van der Waals surface area contributed by atoms with Crippen LogP contribution in [0.3, 0.4) is 0 Å². The van der Waals surface area contributed by atoms with Crippen molar-refractivity contribution in [3.63, 3.8) is 0 Å². The summed E-state index contributed by atoms with van der Waals surface area (Å²) in [5, 5.41) is 9.83. The Morgan fingerprint density at radius 3 is 2.94 bits per heavy atom. The van der Waals surface area contributed by atoms with E-state index in [2.05, 4.69) is 15.8 Å². The van der Waals surface area contributed by atoms with Gasteiger partial charge in [-0.3, -0.25) is 10.1 Å². The van der Waals surface area contributed by atoms with Gasteiger partial charge in [0.25, 0.3) is 0 Å². The SMILES string of the molecule is Cc1cc(NC(=O)CNc2cccc(Cl)c2)on1. The third-order valence-electron chi connectivity index (χ3n) is 2.17. The zero-order chi connectivity index (χ0) is 13.0. The molecule has 0 saturated heterocycles. The van der Waals surface area contributed by atoms with Gasteiger partial charge in [-0.05, 0) is 25.1 Å². The molecule has 0 radical (unpaired) electrons. The second-order valence-electron chi connectivity index (χ2n) is 3.74. The zero-order valence-electron chi connectivity index (χ0n) is 9.74. The molecule has 0 aliphatic rings. The number of hydrogen-bond donors (Lipinski definition) is 2. The number of aromatic nitrogens is 1. The van der Waals surface area contributed by atoms with E-state index in [1.54, 1.807) is 25.1 Å². The van der Waals surface area contributed by atoms with Crippen LogP contribution in [-0.2, 0) is 4.79 Å². The summed E-state index contributed by atoms with van der Waals surface area (Å²) in [4.78, 5) is 11.6. The number of carbonyl (C=O) groups is 1.